The molecule has 1 rings (SSSR count). The van der Waals surface area contributed by atoms with Crippen molar-refractivity contribution in [3.8, 4) is 6.07 Å². The molecular weight excluding hydrogens is 261 g/mol. The molecule has 1 unspecified atom stereocenters. The van der Waals surface area contributed by atoms with E-state index >= 15 is 0 Å². The first-order valence-corrected chi connectivity index (χ1v) is 5.83. The average Bonchev–Trinajstić information content (AvgIpc) is 2.31. The molecule has 0 fully saturated rings. The van der Waals surface area contributed by atoms with Gasteiger partial charge in [0.25, 0.3) is 5.91 Å². The molecule has 0 aliphatic heterocycles. The van der Waals surface area contributed by atoms with Gasteiger partial charge in [0.1, 0.15) is 5.15 Å². The summed E-state index contributed by atoms with van der Waals surface area (Å²) in [6, 6.07) is 3.23. The Labute approximate surface area is 110 Å². The monoisotopic (exact) mass is 271 g/mol. The Morgan fingerprint density at radius 3 is 2.94 bits per heavy atom. The third-order valence-corrected chi connectivity index (χ3v) is 2.74. The third kappa shape index (κ3) is 3.88. The number of rotatable bonds is 4. The zero-order chi connectivity index (χ0) is 12.8. The molecule has 0 aliphatic rings. The summed E-state index contributed by atoms with van der Waals surface area (Å²) in [6.45, 7) is 1.89. The molecule has 17 heavy (non-hydrogen) atoms. The van der Waals surface area contributed by atoms with Crippen molar-refractivity contribution in [2.75, 3.05) is 0 Å². The summed E-state index contributed by atoms with van der Waals surface area (Å²) in [6.07, 6.45) is 2.26. The van der Waals surface area contributed by atoms with Crippen molar-refractivity contribution in [3.63, 3.8) is 0 Å². The summed E-state index contributed by atoms with van der Waals surface area (Å²) in [5.41, 5.74) is 0.267. The number of carbonyl (C=O) groups is 1. The lowest BCUT2D eigenvalue weighted by atomic mass is 10.1. The van der Waals surface area contributed by atoms with Crippen LogP contribution in [0.25, 0.3) is 0 Å². The fourth-order valence-corrected chi connectivity index (χ4v) is 1.61. The molecule has 0 bridgehead atoms. The lowest BCUT2D eigenvalue weighted by Crippen LogP contribution is -2.34. The number of carbonyl (C=O) groups excluding carboxylic acids is 1. The first kappa shape index (κ1) is 13.8. The van der Waals surface area contributed by atoms with Gasteiger partial charge < -0.3 is 5.32 Å². The lowest BCUT2D eigenvalue weighted by molar-refractivity contribution is 0.0936. The van der Waals surface area contributed by atoms with Crippen LogP contribution in [0.2, 0.25) is 10.2 Å². The van der Waals surface area contributed by atoms with E-state index in [2.05, 4.69) is 10.3 Å². The number of aromatic nitrogens is 1. The molecule has 6 heteroatoms. The predicted octanol–water partition coefficient (Wildman–Crippen LogP) is 2.81. The zero-order valence-electron chi connectivity index (χ0n) is 9.20. The Kier molecular flexibility index (Phi) is 5.20. The molecule has 0 radical (unpaired) electrons. The number of pyridine rings is 1. The average molecular weight is 272 g/mol. The fraction of sp³-hybridized carbons (Fsp3) is 0.364. The first-order chi connectivity index (χ1) is 8.08. The minimum Gasteiger partial charge on any atom is -0.348 e. The van der Waals surface area contributed by atoms with Gasteiger partial charge in [-0.05, 0) is 12.5 Å². The minimum atomic E-state index is -0.346. The highest BCUT2D eigenvalue weighted by molar-refractivity contribution is 6.35. The summed E-state index contributed by atoms with van der Waals surface area (Å²) in [7, 11) is 0. The van der Waals surface area contributed by atoms with Crippen LogP contribution in [0.4, 0.5) is 0 Å². The highest BCUT2D eigenvalue weighted by Crippen LogP contribution is 2.18. The normalized spacial score (nSPS) is 11.6. The fourth-order valence-electron chi connectivity index (χ4n) is 1.26. The summed E-state index contributed by atoms with van der Waals surface area (Å²) in [4.78, 5) is 15.6. The third-order valence-electron chi connectivity index (χ3n) is 2.23. The second-order valence-electron chi connectivity index (χ2n) is 3.43. The highest BCUT2D eigenvalue weighted by Gasteiger charge is 2.15. The first-order valence-electron chi connectivity index (χ1n) is 5.07. The smallest absolute Gasteiger partial charge is 0.253 e. The van der Waals surface area contributed by atoms with Crippen LogP contribution in [0.15, 0.2) is 12.3 Å². The quantitative estimate of drug-likeness (QED) is 0.857. The van der Waals surface area contributed by atoms with Crippen LogP contribution in [0.1, 0.15) is 30.1 Å². The summed E-state index contributed by atoms with van der Waals surface area (Å²) in [5, 5.41) is 11.7. The molecule has 0 saturated heterocycles. The number of halogens is 2. The van der Waals surface area contributed by atoms with Crippen LogP contribution in [0.3, 0.4) is 0 Å². The van der Waals surface area contributed by atoms with Gasteiger partial charge in [-0.1, -0.05) is 30.1 Å². The van der Waals surface area contributed by atoms with Gasteiger partial charge in [0.05, 0.1) is 23.1 Å². The molecule has 1 amide bonds. The molecule has 0 spiro atoms. The molecule has 1 N–H and O–H groups in total. The molecule has 0 aromatic carbocycles. The Morgan fingerprint density at radius 2 is 2.35 bits per heavy atom. The van der Waals surface area contributed by atoms with Crippen molar-refractivity contribution in [1.82, 2.24) is 10.3 Å². The maximum atomic E-state index is 11.9. The number of nitriles is 1. The summed E-state index contributed by atoms with van der Waals surface area (Å²) in [5.74, 6) is -0.346. The van der Waals surface area contributed by atoms with Crippen molar-refractivity contribution >= 4 is 29.1 Å². The van der Waals surface area contributed by atoms with E-state index in [1.54, 1.807) is 0 Å². The van der Waals surface area contributed by atoms with Gasteiger partial charge in [-0.15, -0.1) is 0 Å². The Bertz CT molecular complexity index is 457. The van der Waals surface area contributed by atoms with Crippen LogP contribution >= 0.6 is 23.2 Å². The largest absolute Gasteiger partial charge is 0.348 e. The van der Waals surface area contributed by atoms with Gasteiger partial charge in [0.2, 0.25) is 0 Å². The second kappa shape index (κ2) is 6.43. The van der Waals surface area contributed by atoms with Crippen molar-refractivity contribution < 1.29 is 4.79 Å². The number of amides is 1. The molecule has 90 valence electrons. The van der Waals surface area contributed by atoms with E-state index in [0.717, 1.165) is 0 Å². The molecule has 1 heterocycles. The zero-order valence-corrected chi connectivity index (χ0v) is 10.7. The number of hydrogen-bond acceptors (Lipinski definition) is 3. The van der Waals surface area contributed by atoms with Gasteiger partial charge in [-0.25, -0.2) is 4.98 Å². The molecule has 4 nitrogen and oxygen atoms in total. The maximum absolute atomic E-state index is 11.9. The maximum Gasteiger partial charge on any atom is 0.253 e. The van der Waals surface area contributed by atoms with Crippen molar-refractivity contribution in [2.45, 2.75) is 25.8 Å². The molecule has 1 atom stereocenters. The van der Waals surface area contributed by atoms with Crippen LogP contribution < -0.4 is 5.32 Å². The summed E-state index contributed by atoms with van der Waals surface area (Å²) >= 11 is 11.5. The standard InChI is InChI=1S/C11H11Cl2N3O/c1-2-7(3-4-14)16-11(17)8-5-10(13)15-6-9(8)12/h5-7H,2-3H2,1H3,(H,16,17). The van der Waals surface area contributed by atoms with Crippen molar-refractivity contribution in [3.05, 3.63) is 28.0 Å². The number of nitrogens with zero attached hydrogens (tertiary/aromatic N) is 2. The van der Waals surface area contributed by atoms with E-state index < -0.39 is 0 Å². The van der Waals surface area contributed by atoms with Gasteiger partial charge in [0.15, 0.2) is 0 Å². The molecular formula is C11H11Cl2N3O. The summed E-state index contributed by atoms with van der Waals surface area (Å²) < 4.78 is 0. The van der Waals surface area contributed by atoms with E-state index in [9.17, 15) is 4.79 Å². The Balaban J connectivity index is 2.82. The van der Waals surface area contributed by atoms with Crippen LogP contribution in [0, 0.1) is 11.3 Å². The highest BCUT2D eigenvalue weighted by atomic mass is 35.5. The number of hydrogen-bond donors (Lipinski definition) is 1. The van der Waals surface area contributed by atoms with E-state index in [4.69, 9.17) is 28.5 Å². The minimum absolute atomic E-state index is 0.185. The Morgan fingerprint density at radius 1 is 1.65 bits per heavy atom. The van der Waals surface area contributed by atoms with E-state index in [-0.39, 0.29) is 34.1 Å². The molecule has 1 aromatic rings. The second-order valence-corrected chi connectivity index (χ2v) is 4.22. The predicted molar refractivity (Wildman–Crippen MR) is 66.0 cm³/mol. The molecule has 0 saturated carbocycles. The molecule has 1 aromatic heterocycles. The van der Waals surface area contributed by atoms with E-state index in [0.29, 0.717) is 6.42 Å². The van der Waals surface area contributed by atoms with E-state index in [1.807, 2.05) is 13.0 Å². The van der Waals surface area contributed by atoms with Crippen molar-refractivity contribution in [1.29, 1.82) is 5.26 Å². The van der Waals surface area contributed by atoms with Gasteiger partial charge in [-0.2, -0.15) is 5.26 Å². The number of nitrogens with one attached hydrogen (secondary N) is 1. The lowest BCUT2D eigenvalue weighted by Gasteiger charge is -2.14. The van der Waals surface area contributed by atoms with Crippen molar-refractivity contribution in [2.24, 2.45) is 0 Å². The van der Waals surface area contributed by atoms with Gasteiger partial charge in [-0.3, -0.25) is 4.79 Å². The Hall–Kier alpha value is -1.31. The SMILES string of the molecule is CCC(CC#N)NC(=O)c1cc(Cl)ncc1Cl. The molecule has 0 aliphatic carbocycles. The van der Waals surface area contributed by atoms with Crippen LogP contribution in [-0.4, -0.2) is 16.9 Å². The van der Waals surface area contributed by atoms with Gasteiger partial charge in [0, 0.05) is 12.2 Å². The van der Waals surface area contributed by atoms with Crippen LogP contribution in [0.5, 0.6) is 0 Å². The van der Waals surface area contributed by atoms with Crippen LogP contribution in [-0.2, 0) is 0 Å². The topological polar surface area (TPSA) is 65.8 Å². The van der Waals surface area contributed by atoms with E-state index in [1.165, 1.54) is 12.3 Å². The van der Waals surface area contributed by atoms with Gasteiger partial charge >= 0.3 is 0 Å².